The third-order valence-electron chi connectivity index (χ3n) is 5.62. The van der Waals surface area contributed by atoms with Gasteiger partial charge in [-0.15, -0.1) is 0 Å². The Bertz CT molecular complexity index is 1120. The van der Waals surface area contributed by atoms with E-state index in [1.807, 2.05) is 19.9 Å². The molecule has 0 spiro atoms. The number of ether oxygens (including phenoxy) is 1. The summed E-state index contributed by atoms with van der Waals surface area (Å²) < 4.78 is 6.34. The second-order valence-corrected chi connectivity index (χ2v) is 8.53. The standard InChI is InChI=1S/C21H25N5O4S/c1-4-13-11(2)22-18(23-13)19(27)24-14-8-9-26(10-16(14)30-3)21-25-15-7-5-6-12(20(28)29)17(15)31-21/h5-7,14,16H,4,8-10H2,1-3H3,(H,22,23)(H,24,27)(H,28,29). The molecule has 3 heterocycles. The molecule has 10 heteroatoms. The first-order chi connectivity index (χ1) is 14.9. The number of hydrogen-bond acceptors (Lipinski definition) is 7. The maximum Gasteiger partial charge on any atom is 0.337 e. The monoisotopic (exact) mass is 443 g/mol. The topological polar surface area (TPSA) is 120 Å². The highest BCUT2D eigenvalue weighted by Crippen LogP contribution is 2.33. The van der Waals surface area contributed by atoms with Crippen LogP contribution < -0.4 is 10.2 Å². The Morgan fingerprint density at radius 1 is 1.39 bits per heavy atom. The van der Waals surface area contributed by atoms with Gasteiger partial charge in [0.2, 0.25) is 0 Å². The number of nitrogens with zero attached hydrogens (tertiary/aromatic N) is 3. The average Bonchev–Trinajstić information content (AvgIpc) is 3.36. The maximum atomic E-state index is 12.7. The van der Waals surface area contributed by atoms with E-state index >= 15 is 0 Å². The SMILES string of the molecule is CCc1nc(C(=O)NC2CCN(c3nc4cccc(C(=O)O)c4s3)CC2OC)[nH]c1C. The molecule has 3 N–H and O–H groups in total. The molecule has 2 aromatic heterocycles. The van der Waals surface area contributed by atoms with Gasteiger partial charge in [0.25, 0.3) is 5.91 Å². The zero-order valence-corrected chi connectivity index (χ0v) is 18.5. The Morgan fingerprint density at radius 3 is 2.87 bits per heavy atom. The Labute approximate surface area is 183 Å². The minimum Gasteiger partial charge on any atom is -0.478 e. The van der Waals surface area contributed by atoms with Crippen molar-refractivity contribution in [1.82, 2.24) is 20.3 Å². The molecule has 0 bridgehead atoms. The quantitative estimate of drug-likeness (QED) is 0.535. The summed E-state index contributed by atoms with van der Waals surface area (Å²) in [6.45, 7) is 5.13. The first-order valence-electron chi connectivity index (χ1n) is 10.2. The Morgan fingerprint density at radius 2 is 2.19 bits per heavy atom. The number of fused-ring (bicyclic) bond motifs is 1. The number of carboxylic acids is 1. The molecule has 3 aromatic rings. The molecule has 2 unspecified atom stereocenters. The minimum atomic E-state index is -0.962. The van der Waals surface area contributed by atoms with Crippen LogP contribution in [0.2, 0.25) is 0 Å². The summed E-state index contributed by atoms with van der Waals surface area (Å²) in [7, 11) is 1.63. The largest absolute Gasteiger partial charge is 0.478 e. The lowest BCUT2D eigenvalue weighted by molar-refractivity contribution is 0.0538. The Balaban J connectivity index is 1.48. The number of methoxy groups -OCH3 is 1. The highest BCUT2D eigenvalue weighted by atomic mass is 32.1. The summed E-state index contributed by atoms with van der Waals surface area (Å²) in [6.07, 6.45) is 1.21. The number of piperidine rings is 1. The lowest BCUT2D eigenvalue weighted by atomic mass is 10.0. The molecule has 1 fully saturated rings. The summed E-state index contributed by atoms with van der Waals surface area (Å²) in [5.74, 6) is -0.884. The predicted molar refractivity (Wildman–Crippen MR) is 118 cm³/mol. The van der Waals surface area contributed by atoms with E-state index in [-0.39, 0.29) is 23.6 Å². The zero-order chi connectivity index (χ0) is 22.1. The van der Waals surface area contributed by atoms with Crippen LogP contribution in [0.1, 0.15) is 45.7 Å². The second-order valence-electron chi connectivity index (χ2n) is 7.55. The molecule has 2 atom stereocenters. The number of thiazole rings is 1. The fraction of sp³-hybridized carbons (Fsp3) is 0.429. The molecule has 1 saturated heterocycles. The van der Waals surface area contributed by atoms with E-state index in [1.165, 1.54) is 11.3 Å². The van der Waals surface area contributed by atoms with Crippen LogP contribution in [0, 0.1) is 6.92 Å². The summed E-state index contributed by atoms with van der Waals surface area (Å²) >= 11 is 1.37. The third-order valence-corrected chi connectivity index (χ3v) is 6.78. The number of H-pyrrole nitrogens is 1. The van der Waals surface area contributed by atoms with Crippen LogP contribution in [0.5, 0.6) is 0 Å². The van der Waals surface area contributed by atoms with Gasteiger partial charge in [-0.3, -0.25) is 4.79 Å². The number of imidazole rings is 1. The molecule has 0 aliphatic carbocycles. The number of anilines is 1. The van der Waals surface area contributed by atoms with Gasteiger partial charge in [0.1, 0.15) is 0 Å². The number of aromatic nitrogens is 3. The number of aryl methyl sites for hydroxylation is 2. The van der Waals surface area contributed by atoms with Gasteiger partial charge in [0.15, 0.2) is 11.0 Å². The molecule has 164 valence electrons. The second kappa shape index (κ2) is 8.64. The molecule has 9 nitrogen and oxygen atoms in total. The number of carbonyl (C=O) groups is 2. The van der Waals surface area contributed by atoms with Crippen molar-refractivity contribution in [3.8, 4) is 0 Å². The van der Waals surface area contributed by atoms with Gasteiger partial charge in [-0.2, -0.15) is 0 Å². The molecule has 1 amide bonds. The summed E-state index contributed by atoms with van der Waals surface area (Å²) in [6, 6.07) is 4.95. The first-order valence-corrected chi connectivity index (χ1v) is 11.0. The van der Waals surface area contributed by atoms with Gasteiger partial charge in [-0.25, -0.2) is 14.8 Å². The third kappa shape index (κ3) is 4.13. The average molecular weight is 444 g/mol. The van der Waals surface area contributed by atoms with Crippen molar-refractivity contribution < 1.29 is 19.4 Å². The lowest BCUT2D eigenvalue weighted by Crippen LogP contribution is -2.55. The molecule has 4 rings (SSSR count). The summed E-state index contributed by atoms with van der Waals surface area (Å²) in [5, 5.41) is 13.2. The summed E-state index contributed by atoms with van der Waals surface area (Å²) in [4.78, 5) is 38.3. The van der Waals surface area contributed by atoms with Crippen LogP contribution in [0.4, 0.5) is 5.13 Å². The maximum absolute atomic E-state index is 12.7. The molecule has 0 saturated carbocycles. The Kier molecular flexibility index (Phi) is 5.92. The van der Waals surface area contributed by atoms with Crippen LogP contribution in [-0.4, -0.2) is 64.3 Å². The van der Waals surface area contributed by atoms with Gasteiger partial charge >= 0.3 is 5.97 Å². The number of aromatic amines is 1. The molecular formula is C21H25N5O4S. The van der Waals surface area contributed by atoms with Gasteiger partial charge in [0.05, 0.1) is 33.6 Å². The summed E-state index contributed by atoms with van der Waals surface area (Å²) in [5.41, 5.74) is 2.72. The molecule has 1 aliphatic rings. The van der Waals surface area contributed by atoms with Crippen molar-refractivity contribution in [3.63, 3.8) is 0 Å². The van der Waals surface area contributed by atoms with E-state index in [1.54, 1.807) is 19.2 Å². The molecule has 1 aromatic carbocycles. The van der Waals surface area contributed by atoms with Crippen molar-refractivity contribution in [3.05, 3.63) is 41.0 Å². The molecule has 0 radical (unpaired) electrons. The highest BCUT2D eigenvalue weighted by molar-refractivity contribution is 7.22. The van der Waals surface area contributed by atoms with E-state index in [2.05, 4.69) is 25.2 Å². The fourth-order valence-electron chi connectivity index (χ4n) is 3.92. The van der Waals surface area contributed by atoms with Crippen LogP contribution >= 0.6 is 11.3 Å². The number of nitrogens with one attached hydrogen (secondary N) is 2. The van der Waals surface area contributed by atoms with Crippen molar-refractivity contribution >= 4 is 38.6 Å². The first kappa shape index (κ1) is 21.3. The number of hydrogen-bond donors (Lipinski definition) is 3. The molecule has 31 heavy (non-hydrogen) atoms. The number of carbonyl (C=O) groups excluding carboxylic acids is 1. The smallest absolute Gasteiger partial charge is 0.337 e. The normalized spacial score (nSPS) is 19.0. The van der Waals surface area contributed by atoms with Gasteiger partial charge < -0.3 is 25.0 Å². The lowest BCUT2D eigenvalue weighted by Gasteiger charge is -2.37. The van der Waals surface area contributed by atoms with E-state index in [0.717, 1.165) is 22.9 Å². The molecule has 1 aliphatic heterocycles. The van der Waals surface area contributed by atoms with Crippen molar-refractivity contribution in [2.75, 3.05) is 25.1 Å². The predicted octanol–water partition coefficient (Wildman–Crippen LogP) is 2.61. The number of rotatable bonds is 6. The number of amides is 1. The van der Waals surface area contributed by atoms with Crippen LogP contribution in [0.15, 0.2) is 18.2 Å². The van der Waals surface area contributed by atoms with Crippen LogP contribution in [-0.2, 0) is 11.2 Å². The van der Waals surface area contributed by atoms with Crippen LogP contribution in [0.25, 0.3) is 10.2 Å². The van der Waals surface area contributed by atoms with Gasteiger partial charge in [0, 0.05) is 25.9 Å². The molecular weight excluding hydrogens is 418 g/mol. The van der Waals surface area contributed by atoms with E-state index in [9.17, 15) is 14.7 Å². The van der Waals surface area contributed by atoms with E-state index in [4.69, 9.17) is 4.74 Å². The van der Waals surface area contributed by atoms with E-state index in [0.29, 0.717) is 35.6 Å². The van der Waals surface area contributed by atoms with Crippen LogP contribution in [0.3, 0.4) is 0 Å². The van der Waals surface area contributed by atoms with Crippen molar-refractivity contribution in [2.24, 2.45) is 0 Å². The Hall–Kier alpha value is -2.98. The fourth-order valence-corrected chi connectivity index (χ4v) is 5.03. The zero-order valence-electron chi connectivity index (χ0n) is 17.6. The number of benzene rings is 1. The van der Waals surface area contributed by atoms with Gasteiger partial charge in [-0.05, 0) is 31.9 Å². The van der Waals surface area contributed by atoms with Crippen molar-refractivity contribution in [1.29, 1.82) is 0 Å². The minimum absolute atomic E-state index is 0.159. The number of aromatic carboxylic acids is 1. The van der Waals surface area contributed by atoms with E-state index < -0.39 is 5.97 Å². The highest BCUT2D eigenvalue weighted by Gasteiger charge is 2.32. The van der Waals surface area contributed by atoms with Crippen molar-refractivity contribution in [2.45, 2.75) is 38.8 Å². The van der Waals surface area contributed by atoms with Gasteiger partial charge in [-0.1, -0.05) is 24.3 Å². The number of carboxylic acid groups (broad SMARTS) is 1.